The number of nitrogens with one attached hydrogen (secondary N) is 2. The molecule has 0 aliphatic rings. The average molecular weight is 399 g/mol. The average Bonchev–Trinajstić information content (AvgIpc) is 2.75. The molecule has 0 heterocycles. The molecule has 0 saturated carbocycles. The first-order valence-electron chi connectivity index (χ1n) is 9.45. The first kappa shape index (κ1) is 22.1. The van der Waals surface area contributed by atoms with Crippen molar-refractivity contribution in [2.45, 2.75) is 19.5 Å². The fraction of sp³-hybridized carbons (Fsp3) is 0.364. The van der Waals surface area contributed by atoms with E-state index in [9.17, 15) is 4.79 Å². The zero-order valence-corrected chi connectivity index (χ0v) is 17.7. The van der Waals surface area contributed by atoms with Crippen molar-refractivity contribution in [3.05, 3.63) is 59.7 Å². The molecule has 29 heavy (non-hydrogen) atoms. The van der Waals surface area contributed by atoms with Gasteiger partial charge in [-0.25, -0.2) is 4.99 Å². The van der Waals surface area contributed by atoms with E-state index in [1.54, 1.807) is 28.3 Å². The van der Waals surface area contributed by atoms with Crippen molar-refractivity contribution in [1.29, 1.82) is 0 Å². The van der Waals surface area contributed by atoms with Crippen LogP contribution in [0.4, 0.5) is 0 Å². The van der Waals surface area contributed by atoms with Gasteiger partial charge in [-0.05, 0) is 30.7 Å². The Morgan fingerprint density at radius 1 is 1.10 bits per heavy atom. The maximum absolute atomic E-state index is 12.0. The van der Waals surface area contributed by atoms with Crippen LogP contribution in [-0.4, -0.2) is 51.6 Å². The molecule has 0 aromatic heterocycles. The monoisotopic (exact) mass is 398 g/mol. The summed E-state index contributed by atoms with van der Waals surface area (Å²) in [5, 5.41) is 6.47. The Balaban J connectivity index is 2.20. The van der Waals surface area contributed by atoms with Crippen LogP contribution in [0, 0.1) is 0 Å². The molecule has 2 rings (SSSR count). The Kier molecular flexibility index (Phi) is 8.33. The third-order valence-electron chi connectivity index (χ3n) is 4.43. The molecule has 7 heteroatoms. The van der Waals surface area contributed by atoms with E-state index in [4.69, 9.17) is 9.47 Å². The quantitative estimate of drug-likeness (QED) is 0.528. The molecule has 1 unspecified atom stereocenters. The Bertz CT molecular complexity index is 822. The minimum atomic E-state index is -0.128. The summed E-state index contributed by atoms with van der Waals surface area (Å²) in [6, 6.07) is 15.5. The summed E-state index contributed by atoms with van der Waals surface area (Å²) < 4.78 is 10.8. The van der Waals surface area contributed by atoms with E-state index in [2.05, 4.69) is 15.6 Å². The van der Waals surface area contributed by atoms with Crippen LogP contribution < -0.4 is 20.1 Å². The van der Waals surface area contributed by atoms with E-state index in [1.807, 2.05) is 55.5 Å². The van der Waals surface area contributed by atoms with Gasteiger partial charge in [-0.2, -0.15) is 0 Å². The number of aliphatic imine (C=N–C) groups is 1. The van der Waals surface area contributed by atoms with Gasteiger partial charge in [-0.3, -0.25) is 4.79 Å². The van der Waals surface area contributed by atoms with Gasteiger partial charge in [0, 0.05) is 19.7 Å². The van der Waals surface area contributed by atoms with Crippen LogP contribution in [0.25, 0.3) is 0 Å². The van der Waals surface area contributed by atoms with Crippen molar-refractivity contribution >= 4 is 11.9 Å². The minimum absolute atomic E-state index is 0.0363. The van der Waals surface area contributed by atoms with Crippen LogP contribution in [-0.2, 0) is 11.3 Å². The molecule has 0 spiro atoms. The van der Waals surface area contributed by atoms with Crippen molar-refractivity contribution in [3.8, 4) is 11.5 Å². The standard InChI is InChI=1S/C22H30N4O3/c1-16(19-13-18(28-4)11-12-20(19)29-5)25-22(24-15-21(27)26(2)3)23-14-17-9-7-6-8-10-17/h6-13,16H,14-15H2,1-5H3,(H2,23,24,25). The molecule has 2 aromatic rings. The van der Waals surface area contributed by atoms with E-state index in [-0.39, 0.29) is 18.5 Å². The van der Waals surface area contributed by atoms with Crippen LogP contribution in [0.15, 0.2) is 53.5 Å². The van der Waals surface area contributed by atoms with Crippen molar-refractivity contribution in [3.63, 3.8) is 0 Å². The lowest BCUT2D eigenvalue weighted by Crippen LogP contribution is -2.43. The number of carbonyl (C=O) groups excluding carboxylic acids is 1. The normalized spacial score (nSPS) is 12.1. The molecule has 0 fully saturated rings. The summed E-state index contributed by atoms with van der Waals surface area (Å²) in [5.41, 5.74) is 2.01. The summed E-state index contributed by atoms with van der Waals surface area (Å²) in [6.07, 6.45) is 0. The van der Waals surface area contributed by atoms with Crippen molar-refractivity contribution in [2.75, 3.05) is 34.9 Å². The fourth-order valence-corrected chi connectivity index (χ4v) is 2.68. The topological polar surface area (TPSA) is 75.2 Å². The molecule has 0 saturated heterocycles. The zero-order valence-electron chi connectivity index (χ0n) is 17.7. The molecule has 2 N–H and O–H groups in total. The molecule has 0 aliphatic carbocycles. The summed E-state index contributed by atoms with van der Waals surface area (Å²) >= 11 is 0. The lowest BCUT2D eigenvalue weighted by Gasteiger charge is -2.21. The first-order valence-corrected chi connectivity index (χ1v) is 9.45. The number of hydrogen-bond donors (Lipinski definition) is 2. The summed E-state index contributed by atoms with van der Waals surface area (Å²) in [7, 11) is 6.71. The number of hydrogen-bond acceptors (Lipinski definition) is 4. The molecule has 1 atom stereocenters. The molecule has 1 amide bonds. The highest BCUT2D eigenvalue weighted by Gasteiger charge is 2.15. The lowest BCUT2D eigenvalue weighted by molar-refractivity contribution is -0.127. The number of ether oxygens (including phenoxy) is 2. The van der Waals surface area contributed by atoms with Crippen LogP contribution in [0.5, 0.6) is 11.5 Å². The van der Waals surface area contributed by atoms with Gasteiger partial charge in [0.1, 0.15) is 11.5 Å². The minimum Gasteiger partial charge on any atom is -0.497 e. The Hall–Kier alpha value is -3.22. The number of amides is 1. The number of benzene rings is 2. The number of carbonyl (C=O) groups is 1. The summed E-state index contributed by atoms with van der Waals surface area (Å²) in [5.74, 6) is 2.00. The van der Waals surface area contributed by atoms with Gasteiger partial charge in [0.15, 0.2) is 5.96 Å². The van der Waals surface area contributed by atoms with Gasteiger partial charge in [-0.1, -0.05) is 30.3 Å². The van der Waals surface area contributed by atoms with Gasteiger partial charge in [0.05, 0.1) is 33.4 Å². The van der Waals surface area contributed by atoms with E-state index >= 15 is 0 Å². The van der Waals surface area contributed by atoms with E-state index in [1.165, 1.54) is 4.90 Å². The van der Waals surface area contributed by atoms with Crippen LogP contribution >= 0.6 is 0 Å². The van der Waals surface area contributed by atoms with Crippen molar-refractivity contribution < 1.29 is 14.3 Å². The molecular weight excluding hydrogens is 368 g/mol. The molecule has 0 bridgehead atoms. The number of rotatable bonds is 8. The third-order valence-corrected chi connectivity index (χ3v) is 4.43. The molecule has 0 aliphatic heterocycles. The van der Waals surface area contributed by atoms with E-state index < -0.39 is 0 Å². The predicted octanol–water partition coefficient (Wildman–Crippen LogP) is 2.59. The first-order chi connectivity index (χ1) is 13.9. The molecule has 156 valence electrons. The highest BCUT2D eigenvalue weighted by Crippen LogP contribution is 2.29. The van der Waals surface area contributed by atoms with Crippen LogP contribution in [0.2, 0.25) is 0 Å². The zero-order chi connectivity index (χ0) is 21.2. The van der Waals surface area contributed by atoms with E-state index in [0.29, 0.717) is 12.5 Å². The number of nitrogens with zero attached hydrogens (tertiary/aromatic N) is 2. The maximum Gasteiger partial charge on any atom is 0.241 e. The van der Waals surface area contributed by atoms with Gasteiger partial charge in [-0.15, -0.1) is 0 Å². The van der Waals surface area contributed by atoms with Gasteiger partial charge in [0.2, 0.25) is 5.91 Å². The highest BCUT2D eigenvalue weighted by atomic mass is 16.5. The number of methoxy groups -OCH3 is 2. The Labute approximate surface area is 172 Å². The third kappa shape index (κ3) is 6.71. The van der Waals surface area contributed by atoms with Gasteiger partial charge >= 0.3 is 0 Å². The van der Waals surface area contributed by atoms with Crippen LogP contribution in [0.1, 0.15) is 24.1 Å². The maximum atomic E-state index is 12.0. The summed E-state index contributed by atoms with van der Waals surface area (Å²) in [6.45, 7) is 2.65. The second-order valence-corrected chi connectivity index (χ2v) is 6.77. The second kappa shape index (κ2) is 10.9. The number of likely N-dealkylation sites (N-methyl/N-ethyl adjacent to an activating group) is 1. The smallest absolute Gasteiger partial charge is 0.241 e. The van der Waals surface area contributed by atoms with Gasteiger partial charge < -0.3 is 25.0 Å². The summed E-state index contributed by atoms with van der Waals surface area (Å²) in [4.78, 5) is 18.2. The molecule has 7 nitrogen and oxygen atoms in total. The number of guanidine groups is 1. The molecular formula is C22H30N4O3. The second-order valence-electron chi connectivity index (χ2n) is 6.77. The van der Waals surface area contributed by atoms with E-state index in [0.717, 1.165) is 22.6 Å². The predicted molar refractivity (Wildman–Crippen MR) is 115 cm³/mol. The SMILES string of the molecule is COc1ccc(OC)c(C(C)NC(=NCc2ccccc2)NCC(=O)N(C)C)c1. The fourth-order valence-electron chi connectivity index (χ4n) is 2.68. The lowest BCUT2D eigenvalue weighted by atomic mass is 10.1. The van der Waals surface area contributed by atoms with Crippen LogP contribution in [0.3, 0.4) is 0 Å². The molecule has 2 aromatic carbocycles. The Morgan fingerprint density at radius 3 is 2.45 bits per heavy atom. The van der Waals surface area contributed by atoms with Gasteiger partial charge in [0.25, 0.3) is 0 Å². The molecule has 0 radical (unpaired) electrons. The highest BCUT2D eigenvalue weighted by molar-refractivity contribution is 5.86. The van der Waals surface area contributed by atoms with Crippen molar-refractivity contribution in [1.82, 2.24) is 15.5 Å². The largest absolute Gasteiger partial charge is 0.497 e. The Morgan fingerprint density at radius 2 is 1.83 bits per heavy atom. The van der Waals surface area contributed by atoms with Crippen molar-refractivity contribution in [2.24, 2.45) is 4.99 Å².